The van der Waals surface area contributed by atoms with Crippen LogP contribution in [0.3, 0.4) is 0 Å². The van der Waals surface area contributed by atoms with E-state index in [0.29, 0.717) is 12.6 Å². The molecule has 106 valence electrons. The summed E-state index contributed by atoms with van der Waals surface area (Å²) >= 11 is 3.52. The Bertz CT molecular complexity index is 428. The number of hydrogen-bond donors (Lipinski definition) is 2. The normalized spacial score (nSPS) is 23.7. The molecule has 0 saturated carbocycles. The first kappa shape index (κ1) is 14.8. The fourth-order valence-corrected chi connectivity index (χ4v) is 2.84. The van der Waals surface area contributed by atoms with E-state index in [1.807, 2.05) is 7.05 Å². The van der Waals surface area contributed by atoms with Gasteiger partial charge in [0.05, 0.1) is 19.3 Å². The molecule has 1 saturated heterocycles. The van der Waals surface area contributed by atoms with Crippen molar-refractivity contribution in [3.05, 3.63) is 28.2 Å². The highest BCUT2D eigenvalue weighted by Gasteiger charge is 2.27. The Morgan fingerprint density at radius 1 is 1.53 bits per heavy atom. The lowest BCUT2D eigenvalue weighted by molar-refractivity contribution is -0.0103. The van der Waals surface area contributed by atoms with Gasteiger partial charge in [-0.05, 0) is 37.7 Å². The number of halogens is 1. The van der Waals surface area contributed by atoms with Crippen molar-refractivity contribution in [2.45, 2.75) is 25.6 Å². The van der Waals surface area contributed by atoms with Crippen LogP contribution in [0.1, 0.15) is 12.5 Å². The molecular formula is C14H21BrN2O2. The Hall–Kier alpha value is -0.620. The predicted molar refractivity (Wildman–Crippen MR) is 80.5 cm³/mol. The highest BCUT2D eigenvalue weighted by Crippen LogP contribution is 2.28. The number of morpholine rings is 1. The van der Waals surface area contributed by atoms with Crippen molar-refractivity contribution in [2.75, 3.05) is 31.7 Å². The number of rotatable bonds is 4. The second-order valence-corrected chi connectivity index (χ2v) is 5.86. The SMILES string of the molecule is CNCc1cc(Br)ccc1N1CC(CO)OCC1C. The quantitative estimate of drug-likeness (QED) is 0.884. The maximum absolute atomic E-state index is 9.29. The monoisotopic (exact) mass is 328 g/mol. The lowest BCUT2D eigenvalue weighted by Crippen LogP contribution is -2.50. The van der Waals surface area contributed by atoms with Crippen LogP contribution in [0.2, 0.25) is 0 Å². The lowest BCUT2D eigenvalue weighted by atomic mass is 10.1. The largest absolute Gasteiger partial charge is 0.394 e. The Morgan fingerprint density at radius 3 is 3.00 bits per heavy atom. The summed E-state index contributed by atoms with van der Waals surface area (Å²) in [5, 5.41) is 12.5. The molecule has 0 aliphatic carbocycles. The molecule has 1 fully saturated rings. The lowest BCUT2D eigenvalue weighted by Gasteiger charge is -2.40. The molecular weight excluding hydrogens is 308 g/mol. The van der Waals surface area contributed by atoms with Gasteiger partial charge in [-0.3, -0.25) is 0 Å². The molecule has 1 aromatic rings. The molecule has 2 unspecified atom stereocenters. The molecule has 1 aromatic carbocycles. The molecule has 0 radical (unpaired) electrons. The molecule has 4 nitrogen and oxygen atoms in total. The predicted octanol–water partition coefficient (Wildman–Crippen LogP) is 1.75. The van der Waals surface area contributed by atoms with Crippen molar-refractivity contribution < 1.29 is 9.84 Å². The fourth-order valence-electron chi connectivity index (χ4n) is 2.43. The van der Waals surface area contributed by atoms with Gasteiger partial charge >= 0.3 is 0 Å². The van der Waals surface area contributed by atoms with Gasteiger partial charge < -0.3 is 20.1 Å². The molecule has 0 bridgehead atoms. The van der Waals surface area contributed by atoms with E-state index in [4.69, 9.17) is 4.74 Å². The Kier molecular flexibility index (Phi) is 5.21. The van der Waals surface area contributed by atoms with E-state index in [2.05, 4.69) is 51.3 Å². The van der Waals surface area contributed by atoms with Crippen LogP contribution in [-0.2, 0) is 11.3 Å². The molecule has 2 N–H and O–H groups in total. The van der Waals surface area contributed by atoms with Crippen molar-refractivity contribution in [2.24, 2.45) is 0 Å². The molecule has 1 aliphatic rings. The highest BCUT2D eigenvalue weighted by atomic mass is 79.9. The third kappa shape index (κ3) is 3.48. The summed E-state index contributed by atoms with van der Waals surface area (Å²) in [4.78, 5) is 2.32. The van der Waals surface area contributed by atoms with E-state index in [1.54, 1.807) is 0 Å². The summed E-state index contributed by atoms with van der Waals surface area (Å²) in [6, 6.07) is 6.65. The van der Waals surface area contributed by atoms with Crippen molar-refractivity contribution in [3.63, 3.8) is 0 Å². The van der Waals surface area contributed by atoms with Gasteiger partial charge in [-0.1, -0.05) is 15.9 Å². The van der Waals surface area contributed by atoms with Crippen LogP contribution in [0, 0.1) is 0 Å². The third-order valence-corrected chi connectivity index (χ3v) is 3.92. The van der Waals surface area contributed by atoms with Crippen molar-refractivity contribution in [1.82, 2.24) is 5.32 Å². The summed E-state index contributed by atoms with van der Waals surface area (Å²) in [6.45, 7) is 4.43. The Morgan fingerprint density at radius 2 is 2.32 bits per heavy atom. The standard InChI is InChI=1S/C14H21BrN2O2/c1-10-9-19-13(8-18)7-17(10)14-4-3-12(15)5-11(14)6-16-2/h3-5,10,13,16,18H,6-9H2,1-2H3. The smallest absolute Gasteiger partial charge is 0.0981 e. The molecule has 2 atom stereocenters. The highest BCUT2D eigenvalue weighted by molar-refractivity contribution is 9.10. The van der Waals surface area contributed by atoms with Crippen LogP contribution in [0.4, 0.5) is 5.69 Å². The maximum Gasteiger partial charge on any atom is 0.0981 e. The van der Waals surface area contributed by atoms with Gasteiger partial charge in [0, 0.05) is 29.3 Å². The third-order valence-electron chi connectivity index (χ3n) is 3.43. The van der Waals surface area contributed by atoms with Crippen molar-refractivity contribution in [3.8, 4) is 0 Å². The second-order valence-electron chi connectivity index (χ2n) is 4.94. The number of benzene rings is 1. The zero-order valence-electron chi connectivity index (χ0n) is 11.4. The van der Waals surface area contributed by atoms with Crippen LogP contribution in [0.15, 0.2) is 22.7 Å². The van der Waals surface area contributed by atoms with Gasteiger partial charge in [-0.2, -0.15) is 0 Å². The number of nitrogens with zero attached hydrogens (tertiary/aromatic N) is 1. The number of aliphatic hydroxyl groups is 1. The van der Waals surface area contributed by atoms with Crippen LogP contribution in [0.25, 0.3) is 0 Å². The zero-order valence-corrected chi connectivity index (χ0v) is 13.0. The van der Waals surface area contributed by atoms with Crippen LogP contribution >= 0.6 is 15.9 Å². The fraction of sp³-hybridized carbons (Fsp3) is 0.571. The first-order valence-corrected chi connectivity index (χ1v) is 7.37. The molecule has 2 rings (SSSR count). The molecule has 0 aromatic heterocycles. The minimum Gasteiger partial charge on any atom is -0.394 e. The van der Waals surface area contributed by atoms with E-state index < -0.39 is 0 Å². The number of anilines is 1. The summed E-state index contributed by atoms with van der Waals surface area (Å²) < 4.78 is 6.68. The van der Waals surface area contributed by atoms with Crippen molar-refractivity contribution in [1.29, 1.82) is 0 Å². The van der Waals surface area contributed by atoms with E-state index in [0.717, 1.165) is 17.6 Å². The molecule has 0 spiro atoms. The Labute approximate surface area is 122 Å². The molecule has 19 heavy (non-hydrogen) atoms. The molecule has 5 heteroatoms. The van der Waals surface area contributed by atoms with Crippen LogP contribution < -0.4 is 10.2 Å². The van der Waals surface area contributed by atoms with E-state index in [9.17, 15) is 5.11 Å². The number of aliphatic hydroxyl groups excluding tert-OH is 1. The first-order valence-electron chi connectivity index (χ1n) is 6.57. The second kappa shape index (κ2) is 6.70. The van der Waals surface area contributed by atoms with Gasteiger partial charge in [-0.15, -0.1) is 0 Å². The average molecular weight is 329 g/mol. The number of hydrogen-bond acceptors (Lipinski definition) is 4. The minimum absolute atomic E-state index is 0.0705. The average Bonchev–Trinajstić information content (AvgIpc) is 2.40. The molecule has 1 aliphatic heterocycles. The molecule has 1 heterocycles. The van der Waals surface area contributed by atoms with E-state index >= 15 is 0 Å². The summed E-state index contributed by atoms with van der Waals surface area (Å²) in [6.07, 6.45) is -0.0951. The van der Waals surface area contributed by atoms with Crippen LogP contribution in [-0.4, -0.2) is 44.1 Å². The van der Waals surface area contributed by atoms with Crippen molar-refractivity contribution >= 4 is 21.6 Å². The first-order chi connectivity index (χ1) is 9.15. The van der Waals surface area contributed by atoms with E-state index in [1.165, 1.54) is 11.3 Å². The zero-order chi connectivity index (χ0) is 13.8. The summed E-state index contributed by atoms with van der Waals surface area (Å²) in [5.41, 5.74) is 2.47. The van der Waals surface area contributed by atoms with Crippen LogP contribution in [0.5, 0.6) is 0 Å². The van der Waals surface area contributed by atoms with Gasteiger partial charge in [-0.25, -0.2) is 0 Å². The minimum atomic E-state index is -0.0951. The topological polar surface area (TPSA) is 44.7 Å². The maximum atomic E-state index is 9.29. The summed E-state index contributed by atoms with van der Waals surface area (Å²) in [7, 11) is 1.95. The number of ether oxygens (including phenoxy) is 1. The summed E-state index contributed by atoms with van der Waals surface area (Å²) in [5.74, 6) is 0. The van der Waals surface area contributed by atoms with Gasteiger partial charge in [0.2, 0.25) is 0 Å². The number of nitrogens with one attached hydrogen (secondary N) is 1. The van der Waals surface area contributed by atoms with Gasteiger partial charge in [0.15, 0.2) is 0 Å². The Balaban J connectivity index is 2.28. The van der Waals surface area contributed by atoms with Gasteiger partial charge in [0.1, 0.15) is 0 Å². The van der Waals surface area contributed by atoms with E-state index in [-0.39, 0.29) is 12.7 Å². The molecule has 0 amide bonds. The van der Waals surface area contributed by atoms with Gasteiger partial charge in [0.25, 0.3) is 0 Å².